The highest BCUT2D eigenvalue weighted by molar-refractivity contribution is 8.02. The molecule has 4 rings (SSSR count). The van der Waals surface area contributed by atoms with Crippen LogP contribution >= 0.6 is 23.1 Å². The molecule has 1 atom stereocenters. The van der Waals surface area contributed by atoms with Crippen LogP contribution in [0.2, 0.25) is 0 Å². The number of hydrogen-bond acceptors (Lipinski definition) is 5. The van der Waals surface area contributed by atoms with Crippen LogP contribution < -0.4 is 5.32 Å². The first-order valence-electron chi connectivity index (χ1n) is 9.61. The number of nitriles is 1. The minimum atomic E-state index is -0.421. The second-order valence-electron chi connectivity index (χ2n) is 7.60. The Balaban J connectivity index is 1.79. The Morgan fingerprint density at radius 3 is 2.61 bits per heavy atom. The Kier molecular flexibility index (Phi) is 5.31. The zero-order valence-corrected chi connectivity index (χ0v) is 17.8. The number of carbonyl (C=O) groups excluding carboxylic acids is 1. The Labute approximate surface area is 174 Å². The first-order chi connectivity index (χ1) is 13.6. The average molecular weight is 410 g/mol. The molecule has 6 heteroatoms. The molecule has 1 aliphatic carbocycles. The van der Waals surface area contributed by atoms with Gasteiger partial charge in [0.25, 0.3) is 0 Å². The molecule has 1 unspecified atom stereocenters. The molecule has 1 spiro atoms. The third-order valence-corrected chi connectivity index (χ3v) is 7.58. The Bertz CT molecular complexity index is 962. The van der Waals surface area contributed by atoms with E-state index in [-0.39, 0.29) is 11.8 Å². The van der Waals surface area contributed by atoms with Crippen molar-refractivity contribution in [3.05, 3.63) is 50.8 Å². The minimum Gasteiger partial charge on any atom is -0.319 e. The molecule has 1 aliphatic heterocycles. The maximum absolute atomic E-state index is 13.2. The minimum absolute atomic E-state index is 0.0185. The van der Waals surface area contributed by atoms with Crippen molar-refractivity contribution in [3.63, 3.8) is 0 Å². The zero-order valence-electron chi connectivity index (χ0n) is 16.1. The Morgan fingerprint density at radius 2 is 1.96 bits per heavy atom. The van der Waals surface area contributed by atoms with E-state index in [9.17, 15) is 10.1 Å². The number of rotatable bonds is 3. The molecular formula is C22H23N3OS2. The second-order valence-corrected chi connectivity index (χ2v) is 9.30. The zero-order chi connectivity index (χ0) is 19.7. The summed E-state index contributed by atoms with van der Waals surface area (Å²) in [5.74, 6) is -0.405. The molecule has 144 valence electrons. The van der Waals surface area contributed by atoms with Gasteiger partial charge in [-0.2, -0.15) is 5.26 Å². The fraction of sp³-hybridized carbons (Fsp3) is 0.409. The van der Waals surface area contributed by atoms with Gasteiger partial charge in [0, 0.05) is 16.4 Å². The lowest BCUT2D eigenvalue weighted by Crippen LogP contribution is -2.47. The normalized spacial score (nSPS) is 21.5. The number of thioether (sulfide) groups is 1. The highest BCUT2D eigenvalue weighted by Crippen LogP contribution is 2.56. The summed E-state index contributed by atoms with van der Waals surface area (Å²) >= 11 is 3.00. The molecule has 0 saturated heterocycles. The van der Waals surface area contributed by atoms with Crippen molar-refractivity contribution in [2.45, 2.75) is 44.9 Å². The Morgan fingerprint density at radius 1 is 1.25 bits per heavy atom. The molecule has 1 saturated carbocycles. The lowest BCUT2D eigenvalue weighted by Gasteiger charge is -2.45. The predicted molar refractivity (Wildman–Crippen MR) is 115 cm³/mol. The topological polar surface area (TPSA) is 65.8 Å². The van der Waals surface area contributed by atoms with E-state index in [1.165, 1.54) is 28.7 Å². The number of allylic oxidation sites excluding steroid dienone is 1. The fourth-order valence-corrected chi connectivity index (χ4v) is 6.23. The predicted octanol–water partition coefficient (Wildman–Crippen LogP) is 5.38. The van der Waals surface area contributed by atoms with E-state index in [1.54, 1.807) is 0 Å². The first kappa shape index (κ1) is 19.2. The summed E-state index contributed by atoms with van der Waals surface area (Å²) in [7, 11) is 0. The van der Waals surface area contributed by atoms with E-state index in [1.807, 2.05) is 11.6 Å². The average Bonchev–Trinajstić information content (AvgIpc) is 3.18. The summed E-state index contributed by atoms with van der Waals surface area (Å²) in [6.07, 6.45) is 6.92. The van der Waals surface area contributed by atoms with E-state index in [4.69, 9.17) is 4.98 Å². The molecule has 2 aliphatic rings. The van der Waals surface area contributed by atoms with E-state index in [0.717, 1.165) is 59.0 Å². The van der Waals surface area contributed by atoms with Gasteiger partial charge in [-0.15, -0.1) is 23.1 Å². The van der Waals surface area contributed by atoms with Crippen LogP contribution in [0.1, 0.15) is 48.6 Å². The van der Waals surface area contributed by atoms with Gasteiger partial charge in [0.1, 0.15) is 10.9 Å². The third kappa shape index (κ3) is 3.17. The van der Waals surface area contributed by atoms with Crippen LogP contribution in [-0.4, -0.2) is 17.1 Å². The smallest absolute Gasteiger partial charge is 0.235 e. The van der Waals surface area contributed by atoms with Crippen LogP contribution in [0.25, 0.3) is 11.3 Å². The maximum Gasteiger partial charge on any atom is 0.235 e. The second kappa shape index (κ2) is 7.73. The van der Waals surface area contributed by atoms with E-state index in [0.29, 0.717) is 0 Å². The van der Waals surface area contributed by atoms with Crippen molar-refractivity contribution in [2.75, 3.05) is 6.26 Å². The lowest BCUT2D eigenvalue weighted by molar-refractivity contribution is -0.125. The van der Waals surface area contributed by atoms with Gasteiger partial charge in [-0.25, -0.2) is 4.98 Å². The highest BCUT2D eigenvalue weighted by atomic mass is 32.2. The van der Waals surface area contributed by atoms with Gasteiger partial charge in [-0.1, -0.05) is 49.1 Å². The van der Waals surface area contributed by atoms with Gasteiger partial charge in [-0.05, 0) is 26.0 Å². The van der Waals surface area contributed by atoms with Crippen LogP contribution in [0.5, 0.6) is 0 Å². The van der Waals surface area contributed by atoms with Crippen molar-refractivity contribution in [1.29, 1.82) is 5.26 Å². The highest BCUT2D eigenvalue weighted by Gasteiger charge is 2.52. The van der Waals surface area contributed by atoms with Crippen LogP contribution in [0, 0.1) is 23.7 Å². The monoisotopic (exact) mass is 409 g/mol. The summed E-state index contributed by atoms with van der Waals surface area (Å²) in [6.45, 7) is 2.06. The molecule has 1 fully saturated rings. The quantitative estimate of drug-likeness (QED) is 0.739. The number of thiazole rings is 1. The number of aromatic nitrogens is 1. The number of hydrogen-bond donors (Lipinski definition) is 1. The number of benzene rings is 1. The van der Waals surface area contributed by atoms with Gasteiger partial charge in [0.15, 0.2) is 0 Å². The van der Waals surface area contributed by atoms with E-state index < -0.39 is 5.41 Å². The number of nitrogens with zero attached hydrogens (tertiary/aromatic N) is 2. The molecular weight excluding hydrogens is 386 g/mol. The fourth-order valence-electron chi connectivity index (χ4n) is 4.53. The molecule has 28 heavy (non-hydrogen) atoms. The number of amides is 1. The molecule has 0 bridgehead atoms. The van der Waals surface area contributed by atoms with Gasteiger partial charge in [0.2, 0.25) is 5.91 Å². The maximum atomic E-state index is 13.2. The number of carbonyl (C=O) groups is 1. The van der Waals surface area contributed by atoms with Crippen molar-refractivity contribution in [3.8, 4) is 17.3 Å². The van der Waals surface area contributed by atoms with Crippen LogP contribution in [0.15, 0.2) is 40.2 Å². The standard InChI is InChI=1S/C22H23N3OS2/c1-14-6-8-15(9-7-14)17-13-28-21(24-17)18-19(26)25-20(27-2)16(12-23)22(18)10-4-3-5-11-22/h6-9,13,18H,3-5,10-11H2,1-2H3,(H,25,26). The van der Waals surface area contributed by atoms with Gasteiger partial charge in [-0.3, -0.25) is 4.79 Å². The lowest BCUT2D eigenvalue weighted by atomic mass is 9.60. The largest absolute Gasteiger partial charge is 0.319 e. The molecule has 2 aromatic rings. The van der Waals surface area contributed by atoms with Crippen molar-refractivity contribution < 1.29 is 4.79 Å². The van der Waals surface area contributed by atoms with Crippen molar-refractivity contribution in [2.24, 2.45) is 5.41 Å². The summed E-state index contributed by atoms with van der Waals surface area (Å²) < 4.78 is 0. The van der Waals surface area contributed by atoms with Gasteiger partial charge in [0.05, 0.1) is 22.4 Å². The van der Waals surface area contributed by atoms with Crippen molar-refractivity contribution >= 4 is 29.0 Å². The number of nitrogens with one attached hydrogen (secondary N) is 1. The Hall–Kier alpha value is -2.10. The van der Waals surface area contributed by atoms with Crippen LogP contribution in [0.4, 0.5) is 0 Å². The summed E-state index contributed by atoms with van der Waals surface area (Å²) in [4.78, 5) is 18.1. The molecule has 1 amide bonds. The third-order valence-electron chi connectivity index (χ3n) is 5.95. The molecule has 1 aromatic carbocycles. The molecule has 4 nitrogen and oxygen atoms in total. The molecule has 1 aromatic heterocycles. The van der Waals surface area contributed by atoms with Crippen LogP contribution in [-0.2, 0) is 4.79 Å². The summed E-state index contributed by atoms with van der Waals surface area (Å²) in [5, 5.41) is 16.5. The van der Waals surface area contributed by atoms with E-state index >= 15 is 0 Å². The van der Waals surface area contributed by atoms with Crippen molar-refractivity contribution in [1.82, 2.24) is 10.3 Å². The first-order valence-corrected chi connectivity index (χ1v) is 11.7. The van der Waals surface area contributed by atoms with Gasteiger partial charge >= 0.3 is 0 Å². The van der Waals surface area contributed by atoms with Crippen LogP contribution in [0.3, 0.4) is 0 Å². The SMILES string of the molecule is CSC1=C(C#N)C2(CCCCC2)C(c2nc(-c3ccc(C)cc3)cs2)C(=O)N1. The molecule has 1 N–H and O–H groups in total. The number of aryl methyl sites for hydroxylation is 1. The summed E-state index contributed by atoms with van der Waals surface area (Å²) in [6, 6.07) is 10.7. The molecule has 2 heterocycles. The van der Waals surface area contributed by atoms with E-state index in [2.05, 4.69) is 42.6 Å². The van der Waals surface area contributed by atoms with Gasteiger partial charge < -0.3 is 5.32 Å². The molecule has 0 radical (unpaired) electrons. The summed E-state index contributed by atoms with van der Waals surface area (Å²) in [5.41, 5.74) is 3.49.